The molecule has 76 valence electrons. The van der Waals surface area contributed by atoms with Gasteiger partial charge in [0.25, 0.3) is 0 Å². The third kappa shape index (κ3) is 2.43. The number of carboxylic acid groups (broad SMARTS) is 1. The fourth-order valence-corrected chi connectivity index (χ4v) is 1.56. The van der Waals surface area contributed by atoms with E-state index in [4.69, 9.17) is 22.4 Å². The van der Waals surface area contributed by atoms with E-state index in [-0.39, 0.29) is 11.6 Å². The highest BCUT2D eigenvalue weighted by Gasteiger charge is 2.27. The Hall–Kier alpha value is -1.13. The lowest BCUT2D eigenvalue weighted by Gasteiger charge is -2.23. The summed E-state index contributed by atoms with van der Waals surface area (Å²) in [5, 5.41) is 8.91. The molecule has 0 fully saturated rings. The highest BCUT2D eigenvalue weighted by molar-refractivity contribution is 6.30. The average molecular weight is 215 g/mol. The summed E-state index contributed by atoms with van der Waals surface area (Å²) in [7, 11) is 0. The SMILES string of the molecule is C[C@](N)(CC(=O)O)c1cccnc1Cl. The number of nitrogens with two attached hydrogens (primary N) is 1. The number of carboxylic acids is 1. The van der Waals surface area contributed by atoms with E-state index in [1.165, 1.54) is 6.20 Å². The highest BCUT2D eigenvalue weighted by atomic mass is 35.5. The van der Waals surface area contributed by atoms with E-state index in [9.17, 15) is 4.79 Å². The first kappa shape index (κ1) is 10.9. The summed E-state index contributed by atoms with van der Waals surface area (Å²) in [6.45, 7) is 1.62. The maximum atomic E-state index is 10.6. The number of aliphatic carboxylic acids is 1. The summed E-state index contributed by atoms with van der Waals surface area (Å²) in [6.07, 6.45) is 1.35. The maximum absolute atomic E-state index is 10.6. The number of aromatic nitrogens is 1. The second kappa shape index (κ2) is 3.94. The summed E-state index contributed by atoms with van der Waals surface area (Å²) >= 11 is 5.81. The second-order valence-electron chi connectivity index (χ2n) is 3.33. The van der Waals surface area contributed by atoms with E-state index >= 15 is 0 Å². The van der Waals surface area contributed by atoms with Crippen LogP contribution in [0.5, 0.6) is 0 Å². The van der Waals surface area contributed by atoms with Crippen molar-refractivity contribution in [3.05, 3.63) is 29.0 Å². The fourth-order valence-electron chi connectivity index (χ4n) is 1.22. The third-order valence-electron chi connectivity index (χ3n) is 1.89. The van der Waals surface area contributed by atoms with Crippen LogP contribution in [0.15, 0.2) is 18.3 Å². The Labute approximate surface area is 86.7 Å². The Bertz CT molecular complexity index is 352. The van der Waals surface area contributed by atoms with Gasteiger partial charge in [-0.05, 0) is 13.0 Å². The first-order valence-corrected chi connectivity index (χ1v) is 4.43. The molecule has 0 saturated heterocycles. The maximum Gasteiger partial charge on any atom is 0.305 e. The van der Waals surface area contributed by atoms with Crippen LogP contribution in [0.4, 0.5) is 0 Å². The standard InChI is InChI=1S/C9H11ClN2O2/c1-9(11,5-7(13)14)6-3-2-4-12-8(6)10/h2-4H,5,11H2,1H3,(H,13,14)/t9-/m0/s1. The molecule has 1 atom stereocenters. The van der Waals surface area contributed by atoms with Crippen LogP contribution >= 0.6 is 11.6 Å². The first-order valence-electron chi connectivity index (χ1n) is 4.05. The zero-order chi connectivity index (χ0) is 10.8. The molecule has 0 aliphatic carbocycles. The molecule has 4 nitrogen and oxygen atoms in total. The van der Waals surface area contributed by atoms with Crippen molar-refractivity contribution in [1.29, 1.82) is 0 Å². The van der Waals surface area contributed by atoms with Gasteiger partial charge in [0.15, 0.2) is 0 Å². The van der Waals surface area contributed by atoms with Gasteiger partial charge in [0, 0.05) is 11.8 Å². The summed E-state index contributed by atoms with van der Waals surface area (Å²) in [5.41, 5.74) is 5.39. The van der Waals surface area contributed by atoms with Gasteiger partial charge in [0.05, 0.1) is 12.0 Å². The van der Waals surface area contributed by atoms with Gasteiger partial charge in [-0.25, -0.2) is 4.98 Å². The molecule has 0 unspecified atom stereocenters. The first-order chi connectivity index (χ1) is 6.43. The van der Waals surface area contributed by atoms with Gasteiger partial charge in [0.1, 0.15) is 5.15 Å². The monoisotopic (exact) mass is 214 g/mol. The molecule has 1 rings (SSSR count). The Kier molecular flexibility index (Phi) is 3.08. The van der Waals surface area contributed by atoms with Crippen molar-refractivity contribution in [1.82, 2.24) is 4.98 Å². The largest absolute Gasteiger partial charge is 0.481 e. The molecule has 1 aromatic heterocycles. The van der Waals surface area contributed by atoms with Crippen molar-refractivity contribution >= 4 is 17.6 Å². The molecule has 1 heterocycles. The Morgan fingerprint density at radius 1 is 1.79 bits per heavy atom. The van der Waals surface area contributed by atoms with Crippen LogP contribution in [0.25, 0.3) is 0 Å². The van der Waals surface area contributed by atoms with Crippen LogP contribution in [0.3, 0.4) is 0 Å². The van der Waals surface area contributed by atoms with Crippen molar-refractivity contribution in [2.24, 2.45) is 5.73 Å². The number of nitrogens with zero attached hydrogens (tertiary/aromatic N) is 1. The van der Waals surface area contributed by atoms with Gasteiger partial charge < -0.3 is 10.8 Å². The zero-order valence-corrected chi connectivity index (χ0v) is 8.45. The summed E-state index contributed by atoms with van der Waals surface area (Å²) in [6, 6.07) is 3.35. The molecule has 0 amide bonds. The quantitative estimate of drug-likeness (QED) is 0.746. The number of rotatable bonds is 3. The van der Waals surface area contributed by atoms with E-state index in [2.05, 4.69) is 4.98 Å². The van der Waals surface area contributed by atoms with E-state index in [0.29, 0.717) is 5.56 Å². The average Bonchev–Trinajstić information content (AvgIpc) is 2.02. The molecule has 0 bridgehead atoms. The number of halogens is 1. The molecule has 5 heteroatoms. The van der Waals surface area contributed by atoms with E-state index in [0.717, 1.165) is 0 Å². The molecule has 0 aromatic carbocycles. The minimum atomic E-state index is -0.989. The molecule has 0 aliphatic rings. The molecule has 0 saturated carbocycles. The summed E-state index contributed by atoms with van der Waals surface area (Å²) < 4.78 is 0. The molecular weight excluding hydrogens is 204 g/mol. The Morgan fingerprint density at radius 2 is 2.43 bits per heavy atom. The lowest BCUT2D eigenvalue weighted by atomic mass is 9.91. The van der Waals surface area contributed by atoms with Crippen LogP contribution in [0, 0.1) is 0 Å². The molecule has 14 heavy (non-hydrogen) atoms. The van der Waals surface area contributed by atoms with Crippen molar-refractivity contribution in [2.45, 2.75) is 18.9 Å². The highest BCUT2D eigenvalue weighted by Crippen LogP contribution is 2.26. The van der Waals surface area contributed by atoms with E-state index < -0.39 is 11.5 Å². The Morgan fingerprint density at radius 3 is 2.93 bits per heavy atom. The van der Waals surface area contributed by atoms with Crippen LogP contribution in [-0.4, -0.2) is 16.1 Å². The molecule has 0 radical (unpaired) electrons. The van der Waals surface area contributed by atoms with Gasteiger partial charge >= 0.3 is 5.97 Å². The van der Waals surface area contributed by atoms with Crippen LogP contribution in [0.2, 0.25) is 5.15 Å². The lowest BCUT2D eigenvalue weighted by Crippen LogP contribution is -2.36. The predicted octanol–water partition coefficient (Wildman–Crippen LogP) is 1.38. The lowest BCUT2D eigenvalue weighted by molar-refractivity contribution is -0.138. The van der Waals surface area contributed by atoms with Gasteiger partial charge in [-0.15, -0.1) is 0 Å². The predicted molar refractivity (Wildman–Crippen MR) is 53.0 cm³/mol. The van der Waals surface area contributed by atoms with Gasteiger partial charge in [-0.3, -0.25) is 4.79 Å². The summed E-state index contributed by atoms with van der Waals surface area (Å²) in [4.78, 5) is 14.4. The van der Waals surface area contributed by atoms with Gasteiger partial charge in [-0.1, -0.05) is 17.7 Å². The second-order valence-corrected chi connectivity index (χ2v) is 3.69. The van der Waals surface area contributed by atoms with Crippen molar-refractivity contribution in [3.8, 4) is 0 Å². The number of hydrogen-bond donors (Lipinski definition) is 2. The number of carbonyl (C=O) groups is 1. The molecule has 1 aromatic rings. The molecule has 0 spiro atoms. The topological polar surface area (TPSA) is 76.2 Å². The third-order valence-corrected chi connectivity index (χ3v) is 2.19. The normalized spacial score (nSPS) is 14.8. The number of hydrogen-bond acceptors (Lipinski definition) is 3. The van der Waals surface area contributed by atoms with Gasteiger partial charge in [-0.2, -0.15) is 0 Å². The molecule has 3 N–H and O–H groups in total. The van der Waals surface area contributed by atoms with Crippen LogP contribution in [0.1, 0.15) is 18.9 Å². The number of pyridine rings is 1. The smallest absolute Gasteiger partial charge is 0.305 e. The zero-order valence-electron chi connectivity index (χ0n) is 7.70. The van der Waals surface area contributed by atoms with Crippen LogP contribution < -0.4 is 5.73 Å². The van der Waals surface area contributed by atoms with Crippen molar-refractivity contribution in [2.75, 3.05) is 0 Å². The Balaban J connectivity index is 3.03. The van der Waals surface area contributed by atoms with E-state index in [1.54, 1.807) is 19.1 Å². The summed E-state index contributed by atoms with van der Waals surface area (Å²) in [5.74, 6) is -0.963. The minimum Gasteiger partial charge on any atom is -0.481 e. The molecule has 0 aliphatic heterocycles. The molecular formula is C9H11ClN2O2. The minimum absolute atomic E-state index is 0.182. The van der Waals surface area contributed by atoms with Crippen molar-refractivity contribution in [3.63, 3.8) is 0 Å². The van der Waals surface area contributed by atoms with Crippen molar-refractivity contribution < 1.29 is 9.90 Å². The van der Waals surface area contributed by atoms with E-state index in [1.807, 2.05) is 0 Å². The van der Waals surface area contributed by atoms with Crippen LogP contribution in [-0.2, 0) is 10.3 Å². The van der Waals surface area contributed by atoms with Gasteiger partial charge in [0.2, 0.25) is 0 Å². The fraction of sp³-hybridized carbons (Fsp3) is 0.333.